The van der Waals surface area contributed by atoms with E-state index < -0.39 is 12.1 Å². The first kappa shape index (κ1) is 20.9. The number of pyridine rings is 2. The number of carbonyl (C=O) groups is 1. The van der Waals surface area contributed by atoms with Gasteiger partial charge in [-0.15, -0.1) is 0 Å². The molecular weight excluding hydrogens is 412 g/mol. The smallest absolute Gasteiger partial charge is 0.252 e. The normalized spacial score (nSPS) is 14.8. The Hall–Kier alpha value is -4.40. The molecule has 11 nitrogen and oxygen atoms in total. The molecule has 1 atom stereocenters. The zero-order valence-corrected chi connectivity index (χ0v) is 17.2. The maximum atomic E-state index is 11.8. The summed E-state index contributed by atoms with van der Waals surface area (Å²) >= 11 is 0. The molecule has 0 fully saturated rings. The topological polar surface area (TPSA) is 161 Å². The van der Waals surface area contributed by atoms with Crippen molar-refractivity contribution in [1.82, 2.24) is 15.0 Å². The van der Waals surface area contributed by atoms with Crippen LogP contribution in [0, 0.1) is 11.3 Å². The van der Waals surface area contributed by atoms with Gasteiger partial charge in [0.2, 0.25) is 0 Å². The quantitative estimate of drug-likeness (QED) is 0.390. The Kier molecular flexibility index (Phi) is 5.46. The Morgan fingerprint density at radius 3 is 2.72 bits per heavy atom. The third kappa shape index (κ3) is 3.83. The van der Waals surface area contributed by atoms with Crippen LogP contribution >= 0.6 is 0 Å². The molecule has 1 amide bonds. The van der Waals surface area contributed by atoms with Crippen LogP contribution in [-0.4, -0.2) is 40.1 Å². The standard InChI is InChI=1S/C21H20N8O3/c1-29-21(31)17-14(25-13-7-4-6-12(19(23)30)18(13)32-2)9-16(27-20(17)28-29)26-15-8-3-5-11(10-22)24-15/h3-9,21,31H,1-2H3,(H2,23,30)(H3,24,25,26,27,28). The molecule has 6 N–H and O–H groups in total. The van der Waals surface area contributed by atoms with Crippen molar-refractivity contribution in [3.05, 3.63) is 59.3 Å². The number of amides is 1. The monoisotopic (exact) mass is 432 g/mol. The average molecular weight is 432 g/mol. The number of ether oxygens (including phenoxy) is 1. The van der Waals surface area contributed by atoms with E-state index in [-0.39, 0.29) is 17.0 Å². The molecule has 0 saturated heterocycles. The zero-order chi connectivity index (χ0) is 22.8. The van der Waals surface area contributed by atoms with Gasteiger partial charge in [-0.25, -0.2) is 9.97 Å². The van der Waals surface area contributed by atoms with Gasteiger partial charge in [-0.2, -0.15) is 10.3 Å². The maximum Gasteiger partial charge on any atom is 0.252 e. The summed E-state index contributed by atoms with van der Waals surface area (Å²) in [5, 5.41) is 27.5. The Morgan fingerprint density at radius 1 is 1.22 bits per heavy atom. The highest BCUT2D eigenvalue weighted by molar-refractivity contribution is 5.98. The lowest BCUT2D eigenvalue weighted by Gasteiger charge is -2.18. The lowest BCUT2D eigenvalue weighted by atomic mass is 10.1. The third-order valence-corrected chi connectivity index (χ3v) is 4.84. The minimum Gasteiger partial charge on any atom is -0.494 e. The molecule has 0 spiro atoms. The van der Waals surface area contributed by atoms with Gasteiger partial charge in [0.25, 0.3) is 5.91 Å². The molecule has 0 radical (unpaired) electrons. The molecule has 2 aromatic heterocycles. The van der Waals surface area contributed by atoms with Crippen LogP contribution in [0.2, 0.25) is 0 Å². The van der Waals surface area contributed by atoms with E-state index in [0.29, 0.717) is 34.4 Å². The first-order chi connectivity index (χ1) is 15.4. The molecule has 3 aromatic rings. The second-order valence-corrected chi connectivity index (χ2v) is 6.93. The number of nitrogens with two attached hydrogens (primary N) is 1. The molecule has 1 aliphatic rings. The second-order valence-electron chi connectivity index (χ2n) is 6.93. The number of hydrogen-bond acceptors (Lipinski definition) is 10. The number of primary amides is 1. The predicted molar refractivity (Wildman–Crippen MR) is 118 cm³/mol. The van der Waals surface area contributed by atoms with E-state index >= 15 is 0 Å². The van der Waals surface area contributed by atoms with Gasteiger partial charge in [-0.05, 0) is 24.3 Å². The number of hydrogen-bond donors (Lipinski definition) is 5. The number of para-hydroxylation sites is 1. The van der Waals surface area contributed by atoms with Crippen LogP contribution in [0.15, 0.2) is 42.5 Å². The van der Waals surface area contributed by atoms with Crippen LogP contribution < -0.4 is 26.5 Å². The molecule has 3 heterocycles. The van der Waals surface area contributed by atoms with Crippen LogP contribution in [0.3, 0.4) is 0 Å². The Morgan fingerprint density at radius 2 is 2.00 bits per heavy atom. The second kappa shape index (κ2) is 8.38. The van der Waals surface area contributed by atoms with Gasteiger partial charge in [-0.1, -0.05) is 12.1 Å². The SMILES string of the molecule is COc1c(Nc2cc(Nc3cccc(C#N)n3)nc3c2C(O)N(C)N3)cccc1C(N)=O. The lowest BCUT2D eigenvalue weighted by Crippen LogP contribution is -2.22. The molecule has 0 saturated carbocycles. The largest absolute Gasteiger partial charge is 0.494 e. The van der Waals surface area contributed by atoms with Crippen LogP contribution in [0.5, 0.6) is 5.75 Å². The minimum atomic E-state index is -0.973. The number of benzene rings is 1. The van der Waals surface area contributed by atoms with Crippen LogP contribution in [-0.2, 0) is 0 Å². The Bertz CT molecular complexity index is 1240. The first-order valence-corrected chi connectivity index (χ1v) is 9.51. The summed E-state index contributed by atoms with van der Waals surface area (Å²) in [5.74, 6) is 0.917. The summed E-state index contributed by atoms with van der Waals surface area (Å²) in [6.45, 7) is 0. The zero-order valence-electron chi connectivity index (χ0n) is 17.2. The fourth-order valence-corrected chi connectivity index (χ4v) is 3.38. The predicted octanol–water partition coefficient (Wildman–Crippen LogP) is 2.21. The molecule has 0 aliphatic carbocycles. The van der Waals surface area contributed by atoms with Crippen molar-refractivity contribution < 1.29 is 14.6 Å². The van der Waals surface area contributed by atoms with E-state index in [2.05, 4.69) is 26.0 Å². The molecule has 0 bridgehead atoms. The number of nitriles is 1. The van der Waals surface area contributed by atoms with E-state index in [1.165, 1.54) is 12.1 Å². The molecule has 4 rings (SSSR count). The summed E-state index contributed by atoms with van der Waals surface area (Å²) in [4.78, 5) is 20.5. The van der Waals surface area contributed by atoms with Gasteiger partial charge in [0, 0.05) is 13.1 Å². The first-order valence-electron chi connectivity index (χ1n) is 9.51. The van der Waals surface area contributed by atoms with Crippen molar-refractivity contribution in [3.63, 3.8) is 0 Å². The minimum absolute atomic E-state index is 0.217. The molecule has 11 heteroatoms. The van der Waals surface area contributed by atoms with Crippen LogP contribution in [0.1, 0.15) is 27.8 Å². The van der Waals surface area contributed by atoms with Crippen molar-refractivity contribution in [3.8, 4) is 11.8 Å². The van der Waals surface area contributed by atoms with Crippen molar-refractivity contribution in [2.45, 2.75) is 6.23 Å². The van der Waals surface area contributed by atoms with E-state index in [9.17, 15) is 9.90 Å². The van der Waals surface area contributed by atoms with E-state index in [1.807, 2.05) is 6.07 Å². The lowest BCUT2D eigenvalue weighted by molar-refractivity contribution is 0.0524. The van der Waals surface area contributed by atoms with E-state index in [1.54, 1.807) is 49.5 Å². The molecule has 32 heavy (non-hydrogen) atoms. The van der Waals surface area contributed by atoms with Gasteiger partial charge < -0.3 is 31.6 Å². The fourth-order valence-electron chi connectivity index (χ4n) is 3.38. The van der Waals surface area contributed by atoms with E-state index in [0.717, 1.165) is 0 Å². The fraction of sp³-hybridized carbons (Fsp3) is 0.143. The van der Waals surface area contributed by atoms with E-state index in [4.69, 9.17) is 15.7 Å². The molecule has 162 valence electrons. The number of aliphatic hydroxyl groups is 1. The van der Waals surface area contributed by atoms with Crippen LogP contribution in [0.25, 0.3) is 0 Å². The number of aromatic nitrogens is 2. The molecule has 1 aromatic carbocycles. The average Bonchev–Trinajstić information content (AvgIpc) is 3.07. The molecule has 1 aliphatic heterocycles. The maximum absolute atomic E-state index is 11.8. The van der Waals surface area contributed by atoms with Gasteiger partial charge >= 0.3 is 0 Å². The van der Waals surface area contributed by atoms with Crippen molar-refractivity contribution in [2.75, 3.05) is 30.2 Å². The summed E-state index contributed by atoms with van der Waals surface area (Å²) in [6, 6.07) is 13.6. The van der Waals surface area contributed by atoms with Crippen molar-refractivity contribution in [1.29, 1.82) is 5.26 Å². The van der Waals surface area contributed by atoms with Gasteiger partial charge in [0.1, 0.15) is 23.4 Å². The Balaban J connectivity index is 1.77. The number of aliphatic hydroxyl groups excluding tert-OH is 1. The van der Waals surface area contributed by atoms with Crippen molar-refractivity contribution in [2.24, 2.45) is 5.73 Å². The number of rotatable bonds is 6. The third-order valence-electron chi connectivity index (χ3n) is 4.84. The van der Waals surface area contributed by atoms with Gasteiger partial charge in [0.15, 0.2) is 17.8 Å². The molecular formula is C21H20N8O3. The highest BCUT2D eigenvalue weighted by atomic mass is 16.5. The summed E-state index contributed by atoms with van der Waals surface area (Å²) in [7, 11) is 3.12. The van der Waals surface area contributed by atoms with Crippen molar-refractivity contribution >= 4 is 34.7 Å². The number of nitrogens with zero attached hydrogens (tertiary/aromatic N) is 4. The Labute approximate surface area is 183 Å². The number of fused-ring (bicyclic) bond motifs is 1. The highest BCUT2D eigenvalue weighted by Crippen LogP contribution is 2.41. The number of anilines is 5. The highest BCUT2D eigenvalue weighted by Gasteiger charge is 2.31. The summed E-state index contributed by atoms with van der Waals surface area (Å²) in [5.41, 5.74) is 10.4. The van der Waals surface area contributed by atoms with Crippen LogP contribution in [0.4, 0.5) is 28.8 Å². The number of nitrogens with one attached hydrogen (secondary N) is 3. The number of hydrazine groups is 1. The van der Waals surface area contributed by atoms with Gasteiger partial charge in [-0.3, -0.25) is 4.79 Å². The number of methoxy groups -OCH3 is 1. The summed E-state index contributed by atoms with van der Waals surface area (Å²) in [6.07, 6.45) is -0.973. The summed E-state index contributed by atoms with van der Waals surface area (Å²) < 4.78 is 5.41. The van der Waals surface area contributed by atoms with Gasteiger partial charge in [0.05, 0.1) is 29.6 Å². The number of carbonyl (C=O) groups excluding carboxylic acids is 1. The molecule has 1 unspecified atom stereocenters.